The van der Waals surface area contributed by atoms with Crippen molar-refractivity contribution in [1.29, 1.82) is 5.26 Å². The molecule has 7 rings (SSSR count). The molecule has 0 atom stereocenters. The summed E-state index contributed by atoms with van der Waals surface area (Å²) in [5, 5.41) is 28.3. The van der Waals surface area contributed by atoms with Crippen molar-refractivity contribution in [2.75, 3.05) is 17.2 Å². The van der Waals surface area contributed by atoms with Crippen LogP contribution in [0, 0.1) is 11.3 Å². The van der Waals surface area contributed by atoms with Crippen LogP contribution in [0.4, 0.5) is 22.9 Å². The van der Waals surface area contributed by atoms with E-state index in [2.05, 4.69) is 35.8 Å². The molecule has 252 valence electrons. The van der Waals surface area contributed by atoms with Crippen molar-refractivity contribution in [2.45, 2.75) is 21.1 Å². The monoisotopic (exact) mass is 730 g/mol. The van der Waals surface area contributed by atoms with Crippen molar-refractivity contribution in [3.63, 3.8) is 0 Å². The lowest BCUT2D eigenvalue weighted by molar-refractivity contribution is -0.432. The van der Waals surface area contributed by atoms with Crippen molar-refractivity contribution in [2.24, 2.45) is 4.99 Å². The van der Waals surface area contributed by atoms with Gasteiger partial charge in [0.25, 0.3) is 20.1 Å². The fourth-order valence-corrected chi connectivity index (χ4v) is 8.07. The third-order valence-corrected chi connectivity index (χ3v) is 10.8. The number of nitriles is 1. The van der Waals surface area contributed by atoms with Crippen molar-refractivity contribution in [3.05, 3.63) is 95.6 Å². The molecule has 1 aliphatic heterocycles. The third-order valence-electron chi connectivity index (χ3n) is 7.88. The number of nitrogens with one attached hydrogen (secondary N) is 3. The van der Waals surface area contributed by atoms with Crippen LogP contribution in [0.2, 0.25) is 0 Å². The molecule has 50 heavy (non-hydrogen) atoms. The molecule has 18 heteroatoms. The predicted octanol–water partition coefficient (Wildman–Crippen LogP) is 5.56. The number of aromatic nitrogens is 1. The van der Waals surface area contributed by atoms with Crippen LogP contribution in [0.1, 0.15) is 27.9 Å². The summed E-state index contributed by atoms with van der Waals surface area (Å²) < 4.78 is 67.4. The Balaban J connectivity index is 1.52. The van der Waals surface area contributed by atoms with Gasteiger partial charge in [-0.15, -0.1) is 4.33 Å². The fraction of sp³-hybridized carbons (Fsp3) is 0.0625. The number of ketones is 1. The second-order valence-electron chi connectivity index (χ2n) is 10.8. The molecule has 2 heterocycles. The number of rotatable bonds is 10. The van der Waals surface area contributed by atoms with Gasteiger partial charge in [0.15, 0.2) is 11.6 Å². The molecule has 1 aliphatic carbocycles. The van der Waals surface area contributed by atoms with E-state index in [0.29, 0.717) is 39.6 Å². The molecule has 2 aliphatic rings. The third kappa shape index (κ3) is 5.82. The van der Waals surface area contributed by atoms with Gasteiger partial charge in [-0.25, -0.2) is 23.7 Å². The number of para-hydroxylation sites is 1. The van der Waals surface area contributed by atoms with Crippen LogP contribution in [0.3, 0.4) is 0 Å². The molecule has 4 aromatic carbocycles. The Labute approximate surface area is 288 Å². The quantitative estimate of drug-likeness (QED) is 0.0382. The number of hydrogen-bond donors (Lipinski definition) is 5. The highest BCUT2D eigenvalue weighted by Gasteiger charge is 2.36. The first-order chi connectivity index (χ1) is 24.0. The van der Waals surface area contributed by atoms with Gasteiger partial charge >= 0.3 is 0 Å². The summed E-state index contributed by atoms with van der Waals surface area (Å²) in [5.41, 5.74) is 2.62. The van der Waals surface area contributed by atoms with Crippen LogP contribution >= 0.6 is 12.0 Å². The van der Waals surface area contributed by atoms with Crippen LogP contribution in [-0.2, 0) is 29.5 Å². The Hall–Kier alpha value is -5.39. The van der Waals surface area contributed by atoms with Crippen molar-refractivity contribution in [3.8, 4) is 17.2 Å². The molecule has 1 aromatic heterocycles. The van der Waals surface area contributed by atoms with Gasteiger partial charge in [-0.05, 0) is 48.0 Å². The Morgan fingerprint density at radius 3 is 2.46 bits per heavy atom. The summed E-state index contributed by atoms with van der Waals surface area (Å²) in [6.45, 7) is 0.171. The molecule has 0 fully saturated rings. The first kappa shape index (κ1) is 33.1. The minimum absolute atomic E-state index is 0.0165. The zero-order valence-corrected chi connectivity index (χ0v) is 27.7. The number of amidine groups is 1. The van der Waals surface area contributed by atoms with Crippen LogP contribution in [0.15, 0.2) is 98.5 Å². The molecule has 0 saturated heterocycles. The Bertz CT molecular complexity index is 2550. The van der Waals surface area contributed by atoms with E-state index in [1.807, 2.05) is 0 Å². The first-order valence-corrected chi connectivity index (χ1v) is 18.2. The van der Waals surface area contributed by atoms with Crippen molar-refractivity contribution in [1.82, 2.24) is 9.71 Å². The lowest BCUT2D eigenvalue weighted by Gasteiger charge is -2.28. The molecule has 5 N–H and O–H groups in total. The van der Waals surface area contributed by atoms with Gasteiger partial charge in [0.05, 0.1) is 68.0 Å². The molecular formula is C32H22N6O9S3. The molecule has 0 unspecified atom stereocenters. The van der Waals surface area contributed by atoms with E-state index in [1.54, 1.807) is 54.6 Å². The maximum Gasteiger partial charge on any atom is 0.294 e. The highest BCUT2D eigenvalue weighted by molar-refractivity contribution is 7.94. The number of sulfonamides is 1. The maximum absolute atomic E-state index is 14.3. The molecule has 0 amide bonds. The van der Waals surface area contributed by atoms with E-state index in [4.69, 9.17) is 10.2 Å². The zero-order chi connectivity index (χ0) is 35.2. The molecule has 15 nitrogen and oxygen atoms in total. The van der Waals surface area contributed by atoms with Gasteiger partial charge < -0.3 is 10.6 Å². The minimum atomic E-state index is -4.62. The lowest BCUT2D eigenvalue weighted by atomic mass is 9.81. The number of pyridine rings is 1. The first-order valence-electron chi connectivity index (χ1n) is 14.5. The van der Waals surface area contributed by atoms with Gasteiger partial charge in [0.2, 0.25) is 0 Å². The number of hydrogen-bond acceptors (Lipinski definition) is 14. The van der Waals surface area contributed by atoms with Crippen LogP contribution in [-0.4, -0.2) is 49.8 Å². The number of fused-ring (bicyclic) bond motifs is 3. The van der Waals surface area contributed by atoms with Gasteiger partial charge in [-0.3, -0.25) is 14.1 Å². The predicted molar refractivity (Wildman–Crippen MR) is 182 cm³/mol. The number of anilines is 3. The number of carbonyl (C=O) groups is 1. The van der Waals surface area contributed by atoms with E-state index >= 15 is 0 Å². The average Bonchev–Trinajstić information content (AvgIpc) is 3.09. The van der Waals surface area contributed by atoms with Crippen LogP contribution < -0.4 is 15.4 Å². The summed E-state index contributed by atoms with van der Waals surface area (Å²) in [4.78, 5) is 23.4. The van der Waals surface area contributed by atoms with Gasteiger partial charge in [-0.2, -0.15) is 13.7 Å². The second kappa shape index (κ2) is 12.8. The van der Waals surface area contributed by atoms with Gasteiger partial charge in [0, 0.05) is 23.1 Å². The van der Waals surface area contributed by atoms with Gasteiger partial charge in [-0.1, -0.05) is 41.4 Å². The van der Waals surface area contributed by atoms with E-state index in [1.165, 1.54) is 12.1 Å². The van der Waals surface area contributed by atoms with Gasteiger partial charge in [0.1, 0.15) is 10.7 Å². The number of benzene rings is 4. The van der Waals surface area contributed by atoms with Crippen molar-refractivity contribution >= 4 is 77.6 Å². The smallest absolute Gasteiger partial charge is 0.294 e. The highest BCUT2D eigenvalue weighted by atomic mass is 32.2. The van der Waals surface area contributed by atoms with Crippen LogP contribution in [0.25, 0.3) is 22.0 Å². The van der Waals surface area contributed by atoms with E-state index in [0.717, 1.165) is 12.1 Å². The van der Waals surface area contributed by atoms with Crippen molar-refractivity contribution < 1.29 is 40.8 Å². The molecule has 0 saturated carbocycles. The second-order valence-corrected chi connectivity index (χ2v) is 14.6. The molecule has 0 radical (unpaired) electrons. The highest BCUT2D eigenvalue weighted by Crippen LogP contribution is 2.47. The van der Waals surface area contributed by atoms with E-state index in [9.17, 15) is 31.4 Å². The normalized spacial score (nSPS) is 14.2. The van der Waals surface area contributed by atoms with E-state index < -0.39 is 30.8 Å². The molecular weight excluding hydrogens is 709 g/mol. The Kier molecular flexibility index (Phi) is 8.49. The average molecular weight is 731 g/mol. The molecule has 5 aromatic rings. The van der Waals surface area contributed by atoms with E-state index in [-0.39, 0.29) is 62.6 Å². The molecule has 0 spiro atoms. The fourth-order valence-electron chi connectivity index (χ4n) is 5.84. The summed E-state index contributed by atoms with van der Waals surface area (Å²) in [5.74, 6) is -0.226. The molecule has 0 bridgehead atoms. The summed E-state index contributed by atoms with van der Waals surface area (Å²) in [7, 11) is -8.71. The number of carbonyl (C=O) groups excluding carboxylic acids is 1. The van der Waals surface area contributed by atoms with Crippen LogP contribution in [0.5, 0.6) is 0 Å². The number of aliphatic imine (C=N–C) groups is 1. The summed E-state index contributed by atoms with van der Waals surface area (Å²) in [6.07, 6.45) is 0.112. The summed E-state index contributed by atoms with van der Waals surface area (Å²) in [6, 6.07) is 21.8. The minimum Gasteiger partial charge on any atom is -0.368 e. The summed E-state index contributed by atoms with van der Waals surface area (Å²) >= 11 is 0.427. The number of nitrogens with zero attached hydrogens (tertiary/aromatic N) is 3. The topological polar surface area (TPSA) is 229 Å². The lowest BCUT2D eigenvalue weighted by Crippen LogP contribution is -2.35. The Morgan fingerprint density at radius 2 is 1.70 bits per heavy atom. The standard InChI is InChI=1S/C32H22N6O9S3/c33-14-5-15-34-31-29(32-36-21-8-3-4-9-25(21)49(41,42)38-32)26-18-6-1-2-7-19(18)30(39)28-23(13-12-22(37-31)27(26)28)35-20-11-10-17(50(43,44)45)16-24(20)48-47-46-40/h1-4,6-13,16,35,40H,5,15H2,(H,34,37)(H,36,38)(H,43,44,45). The Morgan fingerprint density at radius 1 is 0.960 bits per heavy atom. The SMILES string of the molecule is N#CCCNc1nc2ccc(Nc3ccc(S(=O)(=O)O)cc3SOOO)c3c2c(c1C1=Nc2ccccc2S(=O)(=O)N1)-c1ccccc1C3=O. The largest absolute Gasteiger partial charge is 0.368 e. The zero-order valence-electron chi connectivity index (χ0n) is 25.2. The maximum atomic E-state index is 14.3.